The van der Waals surface area contributed by atoms with Gasteiger partial charge < -0.3 is 35.0 Å². The van der Waals surface area contributed by atoms with E-state index in [1.807, 2.05) is 36.4 Å². The topological polar surface area (TPSA) is 150 Å². The van der Waals surface area contributed by atoms with E-state index in [-0.39, 0.29) is 5.95 Å². The van der Waals surface area contributed by atoms with Gasteiger partial charge in [-0.3, -0.25) is 0 Å². The van der Waals surface area contributed by atoms with Crippen LogP contribution >= 0.6 is 0 Å². The van der Waals surface area contributed by atoms with Crippen LogP contribution in [0.25, 0.3) is 22.3 Å². The summed E-state index contributed by atoms with van der Waals surface area (Å²) < 4.78 is 6.93. The van der Waals surface area contributed by atoms with Crippen LogP contribution in [0, 0.1) is 0 Å². The van der Waals surface area contributed by atoms with Crippen molar-refractivity contribution in [3.8, 4) is 11.1 Å². The lowest BCUT2D eigenvalue weighted by molar-refractivity contribution is -0.221. The number of aliphatic carboxylic acids is 1. The third-order valence-corrected chi connectivity index (χ3v) is 4.97. The number of nitrogens with one attached hydrogen (secondary N) is 1. The number of aliphatic hydroxyl groups is 3. The molecule has 0 amide bonds. The zero-order valence-electron chi connectivity index (χ0n) is 15.4. The summed E-state index contributed by atoms with van der Waals surface area (Å²) in [5, 5.41) is 41.9. The molecule has 3 aromatic rings. The van der Waals surface area contributed by atoms with Gasteiger partial charge in [-0.05, 0) is 11.6 Å². The van der Waals surface area contributed by atoms with Gasteiger partial charge in [0.2, 0.25) is 5.95 Å². The Morgan fingerprint density at radius 3 is 2.52 bits per heavy atom. The first-order valence-corrected chi connectivity index (χ1v) is 8.93. The Labute approximate surface area is 165 Å². The molecule has 1 aliphatic heterocycles. The molecule has 3 unspecified atom stereocenters. The van der Waals surface area contributed by atoms with Crippen molar-refractivity contribution in [2.75, 3.05) is 5.32 Å². The van der Waals surface area contributed by atoms with Gasteiger partial charge >= 0.3 is 5.97 Å². The lowest BCUT2D eigenvalue weighted by Gasteiger charge is -2.39. The van der Waals surface area contributed by atoms with Gasteiger partial charge in [-0.2, -0.15) is 4.98 Å². The van der Waals surface area contributed by atoms with Crippen LogP contribution in [0.1, 0.15) is 0 Å². The zero-order chi connectivity index (χ0) is 20.7. The number of pyridine rings is 1. The molecule has 10 heteroatoms. The molecule has 0 aliphatic carbocycles. The largest absolute Gasteiger partial charge is 0.479 e. The minimum Gasteiger partial charge on any atom is -0.479 e. The molecule has 3 heterocycles. The molecule has 5 atom stereocenters. The summed E-state index contributed by atoms with van der Waals surface area (Å²) in [5.41, 5.74) is 3.03. The van der Waals surface area contributed by atoms with Gasteiger partial charge in [0.15, 0.2) is 18.0 Å². The summed E-state index contributed by atoms with van der Waals surface area (Å²) in [5.74, 6) is -1.19. The van der Waals surface area contributed by atoms with Crippen molar-refractivity contribution >= 4 is 23.1 Å². The minimum atomic E-state index is -1.75. The molecule has 5 N–H and O–H groups in total. The Bertz CT molecular complexity index is 1040. The minimum absolute atomic E-state index is 0.259. The quantitative estimate of drug-likeness (QED) is 0.406. The molecular weight excluding hydrogens is 380 g/mol. The first-order valence-electron chi connectivity index (χ1n) is 8.93. The fraction of sp³-hybridized carbons (Fsp3) is 0.316. The van der Waals surface area contributed by atoms with Crippen molar-refractivity contribution in [1.29, 1.82) is 0 Å². The smallest absolute Gasteiger partial charge is 0.335 e. The number of hydrogen-bond acceptors (Lipinski definition) is 8. The molecule has 0 spiro atoms. The third-order valence-electron chi connectivity index (χ3n) is 4.97. The zero-order valence-corrected chi connectivity index (χ0v) is 15.4. The number of aromatic nitrogens is 3. The summed E-state index contributed by atoms with van der Waals surface area (Å²) >= 11 is 0. The molecule has 152 valence electrons. The van der Waals surface area contributed by atoms with Gasteiger partial charge in [0.25, 0.3) is 0 Å². The van der Waals surface area contributed by atoms with Gasteiger partial charge in [0.1, 0.15) is 18.3 Å². The lowest BCUT2D eigenvalue weighted by atomic mass is 9.98. The van der Waals surface area contributed by atoms with Gasteiger partial charge in [0, 0.05) is 18.8 Å². The van der Waals surface area contributed by atoms with Crippen molar-refractivity contribution in [2.45, 2.75) is 30.6 Å². The van der Waals surface area contributed by atoms with Crippen LogP contribution in [0.15, 0.2) is 42.6 Å². The number of carbonyl (C=O) groups is 1. The second-order valence-corrected chi connectivity index (χ2v) is 6.86. The summed E-state index contributed by atoms with van der Waals surface area (Å²) in [6, 6.07) is 11.6. The Morgan fingerprint density at radius 2 is 1.83 bits per heavy atom. The number of fused-ring (bicyclic) bond motifs is 1. The highest BCUT2D eigenvalue weighted by Gasteiger charge is 2.47. The molecule has 0 bridgehead atoms. The fourth-order valence-electron chi connectivity index (χ4n) is 3.32. The van der Waals surface area contributed by atoms with Crippen LogP contribution < -0.4 is 5.32 Å². The van der Waals surface area contributed by atoms with Gasteiger partial charge in [-0.25, -0.2) is 9.78 Å². The predicted octanol–water partition coefficient (Wildman–Crippen LogP) is -0.0606. The molecular formula is C19H20N4O6. The summed E-state index contributed by atoms with van der Waals surface area (Å²) in [7, 11) is 1.73. The highest BCUT2D eigenvalue weighted by molar-refractivity contribution is 5.80. The van der Waals surface area contributed by atoms with E-state index in [0.29, 0.717) is 11.2 Å². The van der Waals surface area contributed by atoms with Crippen LogP contribution in [0.5, 0.6) is 0 Å². The molecule has 10 nitrogen and oxygen atoms in total. The van der Waals surface area contributed by atoms with Crippen molar-refractivity contribution in [3.05, 3.63) is 42.6 Å². The maximum Gasteiger partial charge on any atom is 0.335 e. The number of carboxylic acids is 1. The van der Waals surface area contributed by atoms with Gasteiger partial charge in [-0.1, -0.05) is 30.3 Å². The molecule has 1 aliphatic rings. The summed E-state index contributed by atoms with van der Waals surface area (Å²) in [6.07, 6.45) is -6.30. The first kappa shape index (κ1) is 19.3. The van der Waals surface area contributed by atoms with Crippen LogP contribution in [0.2, 0.25) is 0 Å². The van der Waals surface area contributed by atoms with Crippen molar-refractivity contribution in [2.24, 2.45) is 7.05 Å². The van der Waals surface area contributed by atoms with E-state index in [4.69, 9.17) is 9.84 Å². The summed E-state index contributed by atoms with van der Waals surface area (Å²) in [4.78, 5) is 20.0. The van der Waals surface area contributed by atoms with E-state index in [0.717, 1.165) is 11.1 Å². The van der Waals surface area contributed by atoms with E-state index in [1.165, 1.54) is 0 Å². The lowest BCUT2D eigenvalue weighted by Crippen LogP contribution is -2.61. The number of hydrogen-bond donors (Lipinski definition) is 5. The average Bonchev–Trinajstić information content (AvgIpc) is 3.03. The summed E-state index contributed by atoms with van der Waals surface area (Å²) in [6.45, 7) is 0. The normalized spacial score (nSPS) is 27.1. The van der Waals surface area contributed by atoms with Crippen LogP contribution in [0.3, 0.4) is 0 Å². The highest BCUT2D eigenvalue weighted by Crippen LogP contribution is 2.27. The number of aryl methyl sites for hydroxylation is 1. The van der Waals surface area contributed by atoms with E-state index < -0.39 is 36.6 Å². The third kappa shape index (κ3) is 3.42. The second-order valence-electron chi connectivity index (χ2n) is 6.86. The standard InChI is InChI=1S/C19H20N4O6/c1-23-11-7-10(9-5-3-2-4-6-9)8-20-16(11)21-19(23)22-17-14(26)12(24)13(25)15(29-17)18(27)28/h2-8,12-15,17,24-26H,1H3,(H,27,28)(H,20,21,22)/t12?,13-,14?,15?,17+/m0/s1. The van der Waals surface area contributed by atoms with Crippen LogP contribution in [-0.4, -0.2) is 71.6 Å². The Balaban J connectivity index is 1.64. The molecule has 29 heavy (non-hydrogen) atoms. The number of rotatable bonds is 4. The molecule has 1 aromatic carbocycles. The number of nitrogens with zero attached hydrogens (tertiary/aromatic N) is 3. The van der Waals surface area contributed by atoms with Crippen molar-refractivity contribution in [3.63, 3.8) is 0 Å². The van der Waals surface area contributed by atoms with E-state index in [1.54, 1.807) is 17.8 Å². The number of anilines is 1. The Kier molecular flexibility index (Phi) is 4.92. The van der Waals surface area contributed by atoms with E-state index >= 15 is 0 Å². The number of aliphatic hydroxyl groups excluding tert-OH is 3. The highest BCUT2D eigenvalue weighted by atomic mass is 16.6. The second kappa shape index (κ2) is 7.41. The first-order chi connectivity index (χ1) is 13.9. The Hall–Kier alpha value is -3.05. The molecule has 0 radical (unpaired) electrons. The van der Waals surface area contributed by atoms with Gasteiger partial charge in [0.05, 0.1) is 5.52 Å². The van der Waals surface area contributed by atoms with Crippen LogP contribution in [0.4, 0.5) is 5.95 Å². The monoisotopic (exact) mass is 400 g/mol. The van der Waals surface area contributed by atoms with Crippen molar-refractivity contribution < 1.29 is 30.0 Å². The number of imidazole rings is 1. The van der Waals surface area contributed by atoms with E-state index in [9.17, 15) is 20.1 Å². The average molecular weight is 400 g/mol. The fourth-order valence-corrected chi connectivity index (χ4v) is 3.32. The molecule has 4 rings (SSSR count). The maximum atomic E-state index is 11.3. The Morgan fingerprint density at radius 1 is 1.10 bits per heavy atom. The number of carboxylic acid groups (broad SMARTS) is 1. The number of ether oxygens (including phenoxy) is 1. The van der Waals surface area contributed by atoms with E-state index in [2.05, 4.69) is 15.3 Å². The predicted molar refractivity (Wildman–Crippen MR) is 102 cm³/mol. The molecule has 2 aromatic heterocycles. The molecule has 0 saturated carbocycles. The van der Waals surface area contributed by atoms with Crippen LogP contribution in [-0.2, 0) is 16.6 Å². The molecule has 1 fully saturated rings. The van der Waals surface area contributed by atoms with Gasteiger partial charge in [-0.15, -0.1) is 0 Å². The maximum absolute atomic E-state index is 11.3. The number of benzene rings is 1. The van der Waals surface area contributed by atoms with Crippen molar-refractivity contribution in [1.82, 2.24) is 14.5 Å². The SMILES string of the molecule is Cn1c(N[C@@H]2OC(C(=O)O)[C@@H](O)C(O)C2O)nc2ncc(-c3ccccc3)cc21. The molecule has 1 saturated heterocycles.